The summed E-state index contributed by atoms with van der Waals surface area (Å²) in [7, 11) is 2.02. The van der Waals surface area contributed by atoms with E-state index < -0.39 is 0 Å². The molecule has 1 N–H and O–H groups in total. The van der Waals surface area contributed by atoms with E-state index in [1.807, 2.05) is 7.05 Å². The maximum Gasteiger partial charge on any atom is 0.0242 e. The van der Waals surface area contributed by atoms with Crippen LogP contribution in [0.1, 0.15) is 44.2 Å². The Labute approximate surface area is 111 Å². The fourth-order valence-electron chi connectivity index (χ4n) is 3.12. The van der Waals surface area contributed by atoms with Crippen LogP contribution in [-0.4, -0.2) is 24.0 Å². The Bertz CT molecular complexity index is 375. The van der Waals surface area contributed by atoms with E-state index in [9.17, 15) is 0 Å². The van der Waals surface area contributed by atoms with Gasteiger partial charge in [-0.05, 0) is 44.4 Å². The zero-order chi connectivity index (χ0) is 13.0. The highest BCUT2D eigenvalue weighted by Crippen LogP contribution is 2.28. The highest BCUT2D eigenvalue weighted by atomic mass is 15.2. The molecule has 1 aromatic carbocycles. The molecule has 2 atom stereocenters. The van der Waals surface area contributed by atoms with Crippen molar-refractivity contribution in [3.8, 4) is 0 Å². The van der Waals surface area contributed by atoms with E-state index in [-0.39, 0.29) is 0 Å². The standard InChI is InChI=1S/C16H26N2/c1-4-16-10-9-13(2)18(16)12-15-8-6-5-7-14(15)11-17-3/h5-8,13,16-17H,4,9-12H2,1-3H3. The third kappa shape index (κ3) is 2.93. The molecule has 0 saturated carbocycles. The van der Waals surface area contributed by atoms with Gasteiger partial charge in [-0.2, -0.15) is 0 Å². The molecule has 0 radical (unpaired) electrons. The van der Waals surface area contributed by atoms with Gasteiger partial charge in [0.15, 0.2) is 0 Å². The van der Waals surface area contributed by atoms with E-state index in [2.05, 4.69) is 48.3 Å². The molecule has 1 saturated heterocycles. The number of benzene rings is 1. The van der Waals surface area contributed by atoms with E-state index in [1.54, 1.807) is 0 Å². The van der Waals surface area contributed by atoms with E-state index in [1.165, 1.54) is 30.4 Å². The SMILES string of the molecule is CCC1CCC(C)N1Cc1ccccc1CNC. The minimum absolute atomic E-state index is 0.734. The van der Waals surface area contributed by atoms with Gasteiger partial charge in [-0.1, -0.05) is 31.2 Å². The topological polar surface area (TPSA) is 15.3 Å². The van der Waals surface area contributed by atoms with Crippen LogP contribution in [0.5, 0.6) is 0 Å². The first-order valence-corrected chi connectivity index (χ1v) is 7.23. The van der Waals surface area contributed by atoms with Gasteiger partial charge in [0.1, 0.15) is 0 Å². The summed E-state index contributed by atoms with van der Waals surface area (Å²) in [6.45, 7) is 6.76. The fraction of sp³-hybridized carbons (Fsp3) is 0.625. The molecule has 100 valence electrons. The van der Waals surface area contributed by atoms with Crippen molar-refractivity contribution < 1.29 is 0 Å². The van der Waals surface area contributed by atoms with E-state index in [0.29, 0.717) is 0 Å². The van der Waals surface area contributed by atoms with Crippen molar-refractivity contribution in [3.05, 3.63) is 35.4 Å². The molecule has 0 amide bonds. The summed E-state index contributed by atoms with van der Waals surface area (Å²) in [6.07, 6.45) is 4.00. The number of rotatable bonds is 5. The lowest BCUT2D eigenvalue weighted by molar-refractivity contribution is 0.189. The lowest BCUT2D eigenvalue weighted by atomic mass is 10.1. The summed E-state index contributed by atoms with van der Waals surface area (Å²) >= 11 is 0. The third-order valence-electron chi connectivity index (χ3n) is 4.26. The van der Waals surface area contributed by atoms with Crippen LogP contribution in [0.4, 0.5) is 0 Å². The number of hydrogen-bond donors (Lipinski definition) is 1. The molecular formula is C16H26N2. The maximum atomic E-state index is 3.27. The second-order valence-electron chi connectivity index (χ2n) is 5.46. The van der Waals surface area contributed by atoms with Crippen LogP contribution >= 0.6 is 0 Å². The third-order valence-corrected chi connectivity index (χ3v) is 4.26. The highest BCUT2D eigenvalue weighted by molar-refractivity contribution is 5.27. The molecule has 1 fully saturated rings. The van der Waals surface area contributed by atoms with Crippen molar-refractivity contribution in [2.75, 3.05) is 7.05 Å². The molecule has 2 unspecified atom stereocenters. The van der Waals surface area contributed by atoms with E-state index in [0.717, 1.165) is 25.2 Å². The predicted molar refractivity (Wildman–Crippen MR) is 77.5 cm³/mol. The van der Waals surface area contributed by atoms with Crippen molar-refractivity contribution in [1.82, 2.24) is 10.2 Å². The lowest BCUT2D eigenvalue weighted by Gasteiger charge is -2.28. The molecule has 2 heteroatoms. The monoisotopic (exact) mass is 246 g/mol. The molecule has 1 aromatic rings. The molecule has 0 spiro atoms. The molecule has 2 nitrogen and oxygen atoms in total. The Morgan fingerprint density at radius 2 is 1.94 bits per heavy atom. The van der Waals surface area contributed by atoms with Crippen LogP contribution in [0.3, 0.4) is 0 Å². The van der Waals surface area contributed by atoms with E-state index >= 15 is 0 Å². The number of likely N-dealkylation sites (tertiary alicyclic amines) is 1. The fourth-order valence-corrected chi connectivity index (χ4v) is 3.12. The minimum atomic E-state index is 0.734. The average molecular weight is 246 g/mol. The summed E-state index contributed by atoms with van der Waals surface area (Å²) in [5, 5.41) is 3.27. The molecule has 0 bridgehead atoms. The van der Waals surface area contributed by atoms with Crippen LogP contribution < -0.4 is 5.32 Å². The van der Waals surface area contributed by atoms with Crippen molar-refractivity contribution in [1.29, 1.82) is 0 Å². The Balaban J connectivity index is 2.12. The lowest BCUT2D eigenvalue weighted by Crippen LogP contribution is -2.34. The average Bonchev–Trinajstić information content (AvgIpc) is 2.73. The summed E-state index contributed by atoms with van der Waals surface area (Å²) in [5.74, 6) is 0. The first-order valence-electron chi connectivity index (χ1n) is 7.23. The van der Waals surface area contributed by atoms with Gasteiger partial charge >= 0.3 is 0 Å². The first-order chi connectivity index (χ1) is 8.76. The Morgan fingerprint density at radius 1 is 1.22 bits per heavy atom. The molecule has 0 aromatic heterocycles. The normalized spacial score (nSPS) is 24.6. The van der Waals surface area contributed by atoms with Crippen LogP contribution in [0.15, 0.2) is 24.3 Å². The van der Waals surface area contributed by atoms with Gasteiger partial charge in [-0.3, -0.25) is 4.90 Å². The molecule has 0 aliphatic carbocycles. The van der Waals surface area contributed by atoms with Gasteiger partial charge in [-0.25, -0.2) is 0 Å². The summed E-state index contributed by atoms with van der Waals surface area (Å²) in [6, 6.07) is 10.3. The van der Waals surface area contributed by atoms with Crippen molar-refractivity contribution >= 4 is 0 Å². The Morgan fingerprint density at radius 3 is 2.61 bits per heavy atom. The Kier molecular flexibility index (Phi) is 4.79. The number of nitrogens with one attached hydrogen (secondary N) is 1. The largest absolute Gasteiger partial charge is 0.316 e. The smallest absolute Gasteiger partial charge is 0.0242 e. The molecule has 1 aliphatic heterocycles. The second kappa shape index (κ2) is 6.35. The van der Waals surface area contributed by atoms with Crippen molar-refractivity contribution in [2.45, 2.75) is 58.3 Å². The van der Waals surface area contributed by atoms with Crippen molar-refractivity contribution in [2.24, 2.45) is 0 Å². The zero-order valence-corrected chi connectivity index (χ0v) is 11.9. The molecule has 2 rings (SSSR count). The molecule has 18 heavy (non-hydrogen) atoms. The van der Waals surface area contributed by atoms with Gasteiger partial charge in [0, 0.05) is 25.2 Å². The van der Waals surface area contributed by atoms with Gasteiger partial charge < -0.3 is 5.32 Å². The maximum absolute atomic E-state index is 3.27. The van der Waals surface area contributed by atoms with Gasteiger partial charge in [0.25, 0.3) is 0 Å². The van der Waals surface area contributed by atoms with Gasteiger partial charge in [0.05, 0.1) is 0 Å². The Hall–Kier alpha value is -0.860. The van der Waals surface area contributed by atoms with Crippen LogP contribution in [-0.2, 0) is 13.1 Å². The van der Waals surface area contributed by atoms with Gasteiger partial charge in [0.2, 0.25) is 0 Å². The minimum Gasteiger partial charge on any atom is -0.316 e. The first kappa shape index (κ1) is 13.6. The molecule has 1 aliphatic rings. The zero-order valence-electron chi connectivity index (χ0n) is 11.9. The van der Waals surface area contributed by atoms with Crippen LogP contribution in [0, 0.1) is 0 Å². The second-order valence-corrected chi connectivity index (χ2v) is 5.46. The number of hydrogen-bond acceptors (Lipinski definition) is 2. The van der Waals surface area contributed by atoms with Crippen LogP contribution in [0.2, 0.25) is 0 Å². The quantitative estimate of drug-likeness (QED) is 0.858. The van der Waals surface area contributed by atoms with Crippen molar-refractivity contribution in [3.63, 3.8) is 0 Å². The molecule has 1 heterocycles. The number of nitrogens with zero attached hydrogens (tertiary/aromatic N) is 1. The molecular weight excluding hydrogens is 220 g/mol. The predicted octanol–water partition coefficient (Wildman–Crippen LogP) is 3.17. The highest BCUT2D eigenvalue weighted by Gasteiger charge is 2.29. The summed E-state index contributed by atoms with van der Waals surface area (Å²) < 4.78 is 0. The summed E-state index contributed by atoms with van der Waals surface area (Å²) in [5.41, 5.74) is 2.92. The van der Waals surface area contributed by atoms with Crippen LogP contribution in [0.25, 0.3) is 0 Å². The van der Waals surface area contributed by atoms with E-state index in [4.69, 9.17) is 0 Å². The van der Waals surface area contributed by atoms with Gasteiger partial charge in [-0.15, -0.1) is 0 Å². The summed E-state index contributed by atoms with van der Waals surface area (Å²) in [4.78, 5) is 2.69.